The largest absolute Gasteiger partial charge is 0.397 e. The summed E-state index contributed by atoms with van der Waals surface area (Å²) >= 11 is 1.54. The first-order valence-electron chi connectivity index (χ1n) is 15.4. The highest BCUT2D eigenvalue weighted by Gasteiger charge is 2.32. The number of para-hydroxylation sites is 2. The van der Waals surface area contributed by atoms with Crippen molar-refractivity contribution in [2.24, 2.45) is 0 Å². The third-order valence-electron chi connectivity index (χ3n) is 7.56. The highest BCUT2D eigenvalue weighted by molar-refractivity contribution is 7.99. The fourth-order valence-corrected chi connectivity index (χ4v) is 5.89. The van der Waals surface area contributed by atoms with Crippen molar-refractivity contribution in [3.63, 3.8) is 0 Å². The lowest BCUT2D eigenvalue weighted by atomic mass is 10.0. The number of aliphatic hydroxyl groups excluding tert-OH is 1. The van der Waals surface area contributed by atoms with E-state index in [2.05, 4.69) is 20.6 Å². The quantitative estimate of drug-likeness (QED) is 0.0530. The average molecular weight is 642 g/mol. The van der Waals surface area contributed by atoms with Crippen molar-refractivity contribution in [3.8, 4) is 0 Å². The van der Waals surface area contributed by atoms with E-state index in [1.165, 1.54) is 0 Å². The van der Waals surface area contributed by atoms with Crippen molar-refractivity contribution in [2.45, 2.75) is 68.8 Å². The molecule has 240 valence electrons. The molecule has 1 aliphatic rings. The number of hydrogen-bond donors (Lipinski definition) is 4. The second-order valence-corrected chi connectivity index (χ2v) is 12.0. The van der Waals surface area contributed by atoms with Crippen molar-refractivity contribution >= 4 is 40.6 Å². The number of nitrogens with zero attached hydrogens (tertiary/aromatic N) is 2. The van der Waals surface area contributed by atoms with Gasteiger partial charge in [0.1, 0.15) is 0 Å². The van der Waals surface area contributed by atoms with Crippen LogP contribution in [-0.2, 0) is 25.7 Å². The number of rotatable bonds is 14. The first-order chi connectivity index (χ1) is 22.5. The second kappa shape index (κ2) is 16.9. The standard InChI is InChI=1S/C35H39N5O5S/c36-29-7-4-5-8-30(29)40-33(43)10-3-1-2-9-32(42)39-27-17-15-26(16-18-27)34-44-28(23-46-35-37-19-6-20-38-35)21-31(45-34)25-13-11-24(22-41)12-14-25/h4-8,11-20,28,31,34,41H,1-3,9-10,21-23,36H2,(H,39,42)(H,40,43)/t28-,31+,34+/m1/s1. The van der Waals surface area contributed by atoms with Crippen molar-refractivity contribution < 1.29 is 24.2 Å². The van der Waals surface area contributed by atoms with Crippen molar-refractivity contribution in [3.05, 3.63) is 108 Å². The second-order valence-electron chi connectivity index (χ2n) is 11.1. The molecule has 2 amide bonds. The fraction of sp³-hybridized carbons (Fsp3) is 0.314. The summed E-state index contributed by atoms with van der Waals surface area (Å²) in [7, 11) is 0. The van der Waals surface area contributed by atoms with Crippen LogP contribution < -0.4 is 16.4 Å². The molecule has 1 aromatic heterocycles. The molecule has 0 unspecified atom stereocenters. The normalized spacial score (nSPS) is 17.7. The highest BCUT2D eigenvalue weighted by atomic mass is 32.2. The van der Waals surface area contributed by atoms with Gasteiger partial charge in [0, 0.05) is 48.7 Å². The van der Waals surface area contributed by atoms with Crippen LogP contribution in [0, 0.1) is 0 Å². The topological polar surface area (TPSA) is 149 Å². The summed E-state index contributed by atoms with van der Waals surface area (Å²) in [6.45, 7) is -0.0130. The number of thioether (sulfide) groups is 1. The molecular formula is C35H39N5O5S. The number of aromatic nitrogens is 2. The number of aliphatic hydroxyl groups is 1. The van der Waals surface area contributed by atoms with Crippen LogP contribution in [0.4, 0.5) is 17.1 Å². The molecule has 3 atom stereocenters. The number of nitrogens with two attached hydrogens (primary N) is 1. The van der Waals surface area contributed by atoms with Gasteiger partial charge in [-0.2, -0.15) is 0 Å². The van der Waals surface area contributed by atoms with Gasteiger partial charge in [-0.1, -0.05) is 66.7 Å². The van der Waals surface area contributed by atoms with E-state index in [0.29, 0.717) is 60.1 Å². The van der Waals surface area contributed by atoms with Crippen molar-refractivity contribution in [1.82, 2.24) is 9.97 Å². The minimum atomic E-state index is -0.598. The number of carbonyl (C=O) groups is 2. The Hall–Kier alpha value is -4.29. The molecular weight excluding hydrogens is 602 g/mol. The van der Waals surface area contributed by atoms with E-state index in [4.69, 9.17) is 15.2 Å². The summed E-state index contributed by atoms with van der Waals surface area (Å²) in [5, 5.41) is 15.9. The number of nitrogens with one attached hydrogen (secondary N) is 2. The van der Waals surface area contributed by atoms with Crippen molar-refractivity contribution in [1.29, 1.82) is 0 Å². The molecule has 5 rings (SSSR count). The first-order valence-corrected chi connectivity index (χ1v) is 16.4. The third-order valence-corrected chi connectivity index (χ3v) is 8.57. The Kier molecular flexibility index (Phi) is 12.1. The summed E-state index contributed by atoms with van der Waals surface area (Å²) < 4.78 is 12.8. The van der Waals surface area contributed by atoms with E-state index in [0.717, 1.165) is 23.1 Å². The molecule has 0 saturated carbocycles. The molecule has 4 aromatic rings. The van der Waals surface area contributed by atoms with Gasteiger partial charge in [-0.05, 0) is 54.3 Å². The summed E-state index contributed by atoms with van der Waals surface area (Å²) in [6.07, 6.45) is 6.07. The van der Waals surface area contributed by atoms with Gasteiger partial charge in [0.2, 0.25) is 11.8 Å². The lowest BCUT2D eigenvalue weighted by Crippen LogP contribution is -2.31. The molecule has 46 heavy (non-hydrogen) atoms. The maximum Gasteiger partial charge on any atom is 0.224 e. The number of unbranched alkanes of at least 4 members (excludes halogenated alkanes) is 2. The third kappa shape index (κ3) is 9.85. The van der Waals surface area contributed by atoms with E-state index in [1.807, 2.05) is 60.7 Å². The SMILES string of the molecule is Nc1ccccc1NC(=O)CCCCCC(=O)Nc1ccc([C@H]2O[C@@H](CSc3ncccn3)C[C@@H](c3ccc(CO)cc3)O2)cc1. The molecule has 0 aliphatic carbocycles. The molecule has 3 aromatic carbocycles. The summed E-state index contributed by atoms with van der Waals surface area (Å²) in [5.74, 6) is 0.496. The Balaban J connectivity index is 1.10. The Labute approximate surface area is 273 Å². The van der Waals surface area contributed by atoms with Gasteiger partial charge < -0.3 is 30.9 Å². The zero-order valence-electron chi connectivity index (χ0n) is 25.5. The smallest absolute Gasteiger partial charge is 0.224 e. The zero-order valence-corrected chi connectivity index (χ0v) is 26.3. The number of nitrogen functional groups attached to an aromatic ring is 1. The average Bonchev–Trinajstić information content (AvgIpc) is 3.09. The number of ether oxygens (including phenoxy) is 2. The van der Waals surface area contributed by atoms with E-state index in [-0.39, 0.29) is 30.6 Å². The molecule has 0 radical (unpaired) electrons. The van der Waals surface area contributed by atoms with Gasteiger partial charge >= 0.3 is 0 Å². The van der Waals surface area contributed by atoms with Crippen LogP contribution in [0.25, 0.3) is 0 Å². The molecule has 1 saturated heterocycles. The molecule has 1 fully saturated rings. The van der Waals surface area contributed by atoms with Crippen LogP contribution in [0.5, 0.6) is 0 Å². The van der Waals surface area contributed by atoms with E-state index in [1.54, 1.807) is 42.4 Å². The van der Waals surface area contributed by atoms with Crippen LogP contribution >= 0.6 is 11.8 Å². The zero-order chi connectivity index (χ0) is 32.1. The number of hydrogen-bond acceptors (Lipinski definition) is 9. The Morgan fingerprint density at radius 2 is 1.50 bits per heavy atom. The molecule has 0 bridgehead atoms. The molecule has 1 aliphatic heterocycles. The fourth-order valence-electron chi connectivity index (χ4n) is 5.07. The van der Waals surface area contributed by atoms with Gasteiger partial charge in [0.15, 0.2) is 11.4 Å². The van der Waals surface area contributed by atoms with Crippen LogP contribution in [-0.4, -0.2) is 38.7 Å². The minimum Gasteiger partial charge on any atom is -0.397 e. The summed E-state index contributed by atoms with van der Waals surface area (Å²) in [5.41, 5.74) is 10.4. The predicted molar refractivity (Wildman–Crippen MR) is 179 cm³/mol. The van der Waals surface area contributed by atoms with E-state index >= 15 is 0 Å². The maximum absolute atomic E-state index is 12.6. The van der Waals surface area contributed by atoms with Gasteiger partial charge in [-0.3, -0.25) is 9.59 Å². The number of carbonyl (C=O) groups excluding carboxylic acids is 2. The van der Waals surface area contributed by atoms with Gasteiger partial charge in [-0.25, -0.2) is 9.97 Å². The Bertz CT molecular complexity index is 1560. The van der Waals surface area contributed by atoms with Gasteiger partial charge in [0.25, 0.3) is 0 Å². The minimum absolute atomic E-state index is 0.0130. The molecule has 10 nitrogen and oxygen atoms in total. The van der Waals surface area contributed by atoms with Gasteiger partial charge in [0.05, 0.1) is 30.2 Å². The first kappa shape index (κ1) is 33.1. The van der Waals surface area contributed by atoms with Crippen LogP contribution in [0.3, 0.4) is 0 Å². The van der Waals surface area contributed by atoms with Gasteiger partial charge in [-0.15, -0.1) is 0 Å². The highest BCUT2D eigenvalue weighted by Crippen LogP contribution is 2.39. The number of anilines is 3. The Morgan fingerprint density at radius 1 is 0.826 bits per heavy atom. The number of amides is 2. The lowest BCUT2D eigenvalue weighted by Gasteiger charge is -2.36. The van der Waals surface area contributed by atoms with Crippen LogP contribution in [0.15, 0.2) is 96.4 Å². The predicted octanol–water partition coefficient (Wildman–Crippen LogP) is 6.42. The monoisotopic (exact) mass is 641 g/mol. The maximum atomic E-state index is 12.6. The van der Waals surface area contributed by atoms with E-state index < -0.39 is 6.29 Å². The molecule has 0 spiro atoms. The summed E-state index contributed by atoms with van der Waals surface area (Å²) in [6, 6.07) is 24.2. The molecule has 2 heterocycles. The number of benzene rings is 3. The Morgan fingerprint density at radius 3 is 2.20 bits per heavy atom. The molecule has 5 N–H and O–H groups in total. The molecule has 11 heteroatoms. The van der Waals surface area contributed by atoms with Crippen LogP contribution in [0.1, 0.15) is 67.6 Å². The summed E-state index contributed by atoms with van der Waals surface area (Å²) in [4.78, 5) is 33.4. The van der Waals surface area contributed by atoms with Crippen molar-refractivity contribution in [2.75, 3.05) is 22.1 Å². The van der Waals surface area contributed by atoms with Crippen LogP contribution in [0.2, 0.25) is 0 Å². The lowest BCUT2D eigenvalue weighted by molar-refractivity contribution is -0.245. The van der Waals surface area contributed by atoms with E-state index in [9.17, 15) is 14.7 Å².